The first kappa shape index (κ1) is 28.5. The Balaban J connectivity index is 1.39. The SMILES string of the molecule is CCOc1cc(/C=C2/SC(=Nc3ccc(C)cc3)N(CCc3ccccc3)C2=O)ccc1OCc1ccc(Cl)cc1. The summed E-state index contributed by atoms with van der Waals surface area (Å²) >= 11 is 7.39. The molecule has 0 atom stereocenters. The first-order valence-electron chi connectivity index (χ1n) is 13.5. The molecular formula is C34H31ClN2O3S. The van der Waals surface area contributed by atoms with Crippen molar-refractivity contribution in [3.63, 3.8) is 0 Å². The minimum absolute atomic E-state index is 0.0576. The van der Waals surface area contributed by atoms with Gasteiger partial charge in [-0.05, 0) is 91.2 Å². The van der Waals surface area contributed by atoms with Crippen molar-refractivity contribution in [2.45, 2.75) is 26.9 Å². The van der Waals surface area contributed by atoms with Crippen LogP contribution in [-0.2, 0) is 17.8 Å². The van der Waals surface area contributed by atoms with Gasteiger partial charge in [0.1, 0.15) is 6.61 Å². The van der Waals surface area contributed by atoms with Crippen molar-refractivity contribution in [3.05, 3.63) is 129 Å². The van der Waals surface area contributed by atoms with Gasteiger partial charge in [0.05, 0.1) is 17.2 Å². The molecule has 1 aliphatic rings. The minimum atomic E-state index is -0.0576. The molecule has 5 rings (SSSR count). The Morgan fingerprint density at radius 1 is 0.878 bits per heavy atom. The first-order chi connectivity index (χ1) is 20.0. The van der Waals surface area contributed by atoms with E-state index in [0.29, 0.717) is 46.4 Å². The van der Waals surface area contributed by atoms with Crippen molar-refractivity contribution in [2.24, 2.45) is 4.99 Å². The van der Waals surface area contributed by atoms with Crippen LogP contribution in [0.3, 0.4) is 0 Å². The molecule has 1 saturated heterocycles. The quantitative estimate of drug-likeness (QED) is 0.176. The van der Waals surface area contributed by atoms with Gasteiger partial charge < -0.3 is 9.47 Å². The molecule has 1 aliphatic heterocycles. The van der Waals surface area contributed by atoms with Crippen LogP contribution in [0.4, 0.5) is 5.69 Å². The average Bonchev–Trinajstić information content (AvgIpc) is 3.27. The molecule has 4 aromatic rings. The van der Waals surface area contributed by atoms with E-state index >= 15 is 0 Å². The molecule has 0 saturated carbocycles. The molecule has 0 radical (unpaired) electrons. The van der Waals surface area contributed by atoms with E-state index in [1.54, 1.807) is 4.90 Å². The molecule has 41 heavy (non-hydrogen) atoms. The van der Waals surface area contributed by atoms with Crippen LogP contribution >= 0.6 is 23.4 Å². The molecule has 1 amide bonds. The van der Waals surface area contributed by atoms with Gasteiger partial charge in [-0.3, -0.25) is 9.69 Å². The third-order valence-electron chi connectivity index (χ3n) is 6.49. The summed E-state index contributed by atoms with van der Waals surface area (Å²) in [5.41, 5.74) is 5.01. The standard InChI is InChI=1S/C34H31ClN2O3S/c1-3-39-31-21-27(13-18-30(31)40-23-26-11-14-28(35)15-12-26)22-32-33(38)37(20-19-25-7-5-4-6-8-25)34(41-32)36-29-16-9-24(2)10-17-29/h4-18,21-22H,3,19-20,23H2,1-2H3/b32-22+,36-34?. The Hall–Kier alpha value is -4.00. The first-order valence-corrected chi connectivity index (χ1v) is 14.7. The van der Waals surface area contributed by atoms with Crippen molar-refractivity contribution in [2.75, 3.05) is 13.2 Å². The number of rotatable bonds is 10. The van der Waals surface area contributed by atoms with Crippen LogP contribution in [-0.4, -0.2) is 29.1 Å². The Morgan fingerprint density at radius 3 is 2.37 bits per heavy atom. The topological polar surface area (TPSA) is 51.1 Å². The summed E-state index contributed by atoms with van der Waals surface area (Å²) in [6, 6.07) is 31.5. The van der Waals surface area contributed by atoms with Gasteiger partial charge in [-0.2, -0.15) is 0 Å². The van der Waals surface area contributed by atoms with Crippen LogP contribution in [0.2, 0.25) is 5.02 Å². The highest BCUT2D eigenvalue weighted by Crippen LogP contribution is 2.36. The third kappa shape index (κ3) is 7.60. The van der Waals surface area contributed by atoms with Crippen LogP contribution in [0.15, 0.2) is 107 Å². The van der Waals surface area contributed by atoms with E-state index in [0.717, 1.165) is 28.8 Å². The second-order valence-corrected chi connectivity index (χ2v) is 11.0. The fraction of sp³-hybridized carbons (Fsp3) is 0.176. The number of nitrogens with zero attached hydrogens (tertiary/aromatic N) is 2. The minimum Gasteiger partial charge on any atom is -0.490 e. The number of carbonyl (C=O) groups excluding carboxylic acids is 1. The highest BCUT2D eigenvalue weighted by molar-refractivity contribution is 8.18. The fourth-order valence-electron chi connectivity index (χ4n) is 4.30. The van der Waals surface area contributed by atoms with Crippen molar-refractivity contribution in [1.29, 1.82) is 0 Å². The maximum atomic E-state index is 13.6. The summed E-state index contributed by atoms with van der Waals surface area (Å²) in [4.78, 5) is 20.9. The van der Waals surface area contributed by atoms with Crippen LogP contribution < -0.4 is 9.47 Å². The molecule has 208 valence electrons. The maximum absolute atomic E-state index is 13.6. The lowest BCUT2D eigenvalue weighted by Crippen LogP contribution is -2.31. The van der Waals surface area contributed by atoms with Gasteiger partial charge in [0.15, 0.2) is 16.7 Å². The molecule has 0 aliphatic carbocycles. The van der Waals surface area contributed by atoms with E-state index in [-0.39, 0.29) is 5.91 Å². The Labute approximate surface area is 250 Å². The van der Waals surface area contributed by atoms with Gasteiger partial charge in [0, 0.05) is 11.6 Å². The number of benzene rings is 4. The summed E-state index contributed by atoms with van der Waals surface area (Å²) < 4.78 is 12.0. The van der Waals surface area contributed by atoms with E-state index in [4.69, 9.17) is 26.1 Å². The zero-order valence-electron chi connectivity index (χ0n) is 23.0. The smallest absolute Gasteiger partial charge is 0.266 e. The normalized spacial score (nSPS) is 15.1. The molecule has 0 N–H and O–H groups in total. The molecule has 0 unspecified atom stereocenters. The maximum Gasteiger partial charge on any atom is 0.266 e. The lowest BCUT2D eigenvalue weighted by molar-refractivity contribution is -0.122. The number of carbonyl (C=O) groups is 1. The number of halogens is 1. The van der Waals surface area contributed by atoms with Gasteiger partial charge in [0.25, 0.3) is 5.91 Å². The van der Waals surface area contributed by atoms with E-state index < -0.39 is 0 Å². The summed E-state index contributed by atoms with van der Waals surface area (Å²) in [7, 11) is 0. The number of thioether (sulfide) groups is 1. The molecule has 7 heteroatoms. The summed E-state index contributed by atoms with van der Waals surface area (Å²) in [5.74, 6) is 1.21. The highest BCUT2D eigenvalue weighted by Gasteiger charge is 2.33. The summed E-state index contributed by atoms with van der Waals surface area (Å²) in [6.07, 6.45) is 2.63. The number of ether oxygens (including phenoxy) is 2. The largest absolute Gasteiger partial charge is 0.490 e. The molecular weight excluding hydrogens is 552 g/mol. The van der Waals surface area contributed by atoms with Crippen LogP contribution in [0, 0.1) is 6.92 Å². The average molecular weight is 583 g/mol. The van der Waals surface area contributed by atoms with Gasteiger partial charge in [-0.25, -0.2) is 4.99 Å². The molecule has 4 aromatic carbocycles. The van der Waals surface area contributed by atoms with Crippen molar-refractivity contribution >= 4 is 46.2 Å². The van der Waals surface area contributed by atoms with E-state index in [9.17, 15) is 4.79 Å². The third-order valence-corrected chi connectivity index (χ3v) is 7.75. The molecule has 5 nitrogen and oxygen atoms in total. The van der Waals surface area contributed by atoms with Crippen molar-refractivity contribution in [3.8, 4) is 11.5 Å². The lowest BCUT2D eigenvalue weighted by Gasteiger charge is -2.15. The number of amidine groups is 1. The molecule has 1 heterocycles. The Bertz CT molecular complexity index is 1550. The van der Waals surface area contributed by atoms with Gasteiger partial charge >= 0.3 is 0 Å². The fourth-order valence-corrected chi connectivity index (χ4v) is 5.45. The predicted molar refractivity (Wildman–Crippen MR) is 169 cm³/mol. The Morgan fingerprint density at radius 2 is 1.63 bits per heavy atom. The number of hydrogen-bond donors (Lipinski definition) is 0. The Kier molecular flexibility index (Phi) is 9.44. The second kappa shape index (κ2) is 13.6. The number of hydrogen-bond acceptors (Lipinski definition) is 5. The van der Waals surface area contributed by atoms with Crippen LogP contribution in [0.1, 0.15) is 29.2 Å². The van der Waals surface area contributed by atoms with E-state index in [1.165, 1.54) is 17.3 Å². The summed E-state index contributed by atoms with van der Waals surface area (Å²) in [5, 5.41) is 1.36. The highest BCUT2D eigenvalue weighted by atomic mass is 35.5. The van der Waals surface area contributed by atoms with Gasteiger partial charge in [-0.15, -0.1) is 0 Å². The summed E-state index contributed by atoms with van der Waals surface area (Å²) in [6.45, 7) is 5.40. The molecule has 0 bridgehead atoms. The van der Waals surface area contributed by atoms with Gasteiger partial charge in [0.2, 0.25) is 0 Å². The predicted octanol–water partition coefficient (Wildman–Crippen LogP) is 8.47. The monoisotopic (exact) mass is 582 g/mol. The number of aliphatic imine (C=N–C) groups is 1. The second-order valence-electron chi connectivity index (χ2n) is 9.59. The number of aryl methyl sites for hydroxylation is 1. The molecule has 0 aromatic heterocycles. The van der Waals surface area contributed by atoms with Gasteiger partial charge in [-0.1, -0.05) is 77.8 Å². The van der Waals surface area contributed by atoms with E-state index in [1.807, 2.05) is 105 Å². The lowest BCUT2D eigenvalue weighted by atomic mass is 10.1. The molecule has 1 fully saturated rings. The van der Waals surface area contributed by atoms with Crippen molar-refractivity contribution < 1.29 is 14.3 Å². The molecule has 0 spiro atoms. The zero-order chi connectivity index (χ0) is 28.6. The van der Waals surface area contributed by atoms with E-state index in [2.05, 4.69) is 12.1 Å². The number of amides is 1. The zero-order valence-corrected chi connectivity index (χ0v) is 24.6. The van der Waals surface area contributed by atoms with Crippen LogP contribution in [0.25, 0.3) is 6.08 Å². The van der Waals surface area contributed by atoms with Crippen LogP contribution in [0.5, 0.6) is 11.5 Å². The van der Waals surface area contributed by atoms with Crippen molar-refractivity contribution in [1.82, 2.24) is 4.90 Å².